The Balaban J connectivity index is 2.21. The predicted molar refractivity (Wildman–Crippen MR) is 82.7 cm³/mol. The van der Waals surface area contributed by atoms with Gasteiger partial charge in [0.05, 0.1) is 4.90 Å². The third-order valence-corrected chi connectivity index (χ3v) is 6.19. The molecule has 1 aromatic carbocycles. The number of hydrogen-bond donors (Lipinski definition) is 0. The number of rotatable bonds is 5. The van der Waals surface area contributed by atoms with E-state index >= 15 is 0 Å². The highest BCUT2D eigenvalue weighted by molar-refractivity contribution is 7.89. The van der Waals surface area contributed by atoms with Crippen LogP contribution in [0.3, 0.4) is 0 Å². The van der Waals surface area contributed by atoms with E-state index in [1.54, 1.807) is 12.1 Å². The van der Waals surface area contributed by atoms with Crippen molar-refractivity contribution in [2.45, 2.75) is 43.9 Å². The Hall–Kier alpha value is -1.20. The first-order valence-electron chi connectivity index (χ1n) is 7.54. The van der Waals surface area contributed by atoms with Crippen LogP contribution in [-0.4, -0.2) is 32.1 Å². The lowest BCUT2D eigenvalue weighted by molar-refractivity contribution is -0.112. The van der Waals surface area contributed by atoms with E-state index < -0.39 is 10.0 Å². The van der Waals surface area contributed by atoms with Crippen molar-refractivity contribution in [3.05, 3.63) is 29.8 Å². The summed E-state index contributed by atoms with van der Waals surface area (Å²) in [5, 5.41) is 0. The maximum Gasteiger partial charge on any atom is 0.243 e. The molecular formula is C16H23NO3S. The minimum Gasteiger partial charge on any atom is -0.303 e. The summed E-state index contributed by atoms with van der Waals surface area (Å²) in [7, 11) is -3.48. The van der Waals surface area contributed by atoms with Crippen molar-refractivity contribution in [2.75, 3.05) is 13.1 Å². The standard InChI is InChI=1S/C16H23NO3S/c1-3-13(2)15-6-8-16(9-7-15)21(19,20)17-10-4-5-14(11-17)12-18/h6-9,12-14H,3-5,10-11H2,1-2H3. The molecule has 1 saturated heterocycles. The number of benzene rings is 1. The van der Waals surface area contributed by atoms with Crippen LogP contribution in [0.1, 0.15) is 44.6 Å². The van der Waals surface area contributed by atoms with Gasteiger partial charge in [-0.3, -0.25) is 0 Å². The minimum atomic E-state index is -3.48. The van der Waals surface area contributed by atoms with Gasteiger partial charge in [-0.25, -0.2) is 8.42 Å². The molecule has 0 saturated carbocycles. The Bertz CT molecular complexity index is 580. The molecule has 1 heterocycles. The molecule has 21 heavy (non-hydrogen) atoms. The highest BCUT2D eigenvalue weighted by Gasteiger charge is 2.30. The van der Waals surface area contributed by atoms with E-state index in [9.17, 15) is 13.2 Å². The van der Waals surface area contributed by atoms with Crippen molar-refractivity contribution < 1.29 is 13.2 Å². The van der Waals surface area contributed by atoms with Gasteiger partial charge < -0.3 is 4.79 Å². The summed E-state index contributed by atoms with van der Waals surface area (Å²) in [6.45, 7) is 5.05. The van der Waals surface area contributed by atoms with Crippen molar-refractivity contribution >= 4 is 16.3 Å². The van der Waals surface area contributed by atoms with E-state index in [0.29, 0.717) is 23.9 Å². The molecule has 0 radical (unpaired) electrons. The van der Waals surface area contributed by atoms with E-state index in [1.807, 2.05) is 12.1 Å². The number of aldehydes is 1. The maximum atomic E-state index is 12.6. The van der Waals surface area contributed by atoms with E-state index in [0.717, 1.165) is 31.1 Å². The summed E-state index contributed by atoms with van der Waals surface area (Å²) in [6, 6.07) is 7.15. The van der Waals surface area contributed by atoms with Gasteiger partial charge in [-0.1, -0.05) is 26.0 Å². The van der Waals surface area contributed by atoms with Gasteiger partial charge in [0.2, 0.25) is 10.0 Å². The molecule has 2 unspecified atom stereocenters. The Labute approximate surface area is 127 Å². The first kappa shape index (κ1) is 16.2. The summed E-state index contributed by atoms with van der Waals surface area (Å²) >= 11 is 0. The zero-order valence-electron chi connectivity index (χ0n) is 12.7. The first-order valence-corrected chi connectivity index (χ1v) is 8.98. The number of carbonyl (C=O) groups excluding carboxylic acids is 1. The maximum absolute atomic E-state index is 12.6. The molecule has 0 spiro atoms. The predicted octanol–water partition coefficient (Wildman–Crippen LogP) is 2.80. The van der Waals surface area contributed by atoms with Crippen molar-refractivity contribution in [1.82, 2.24) is 4.31 Å². The van der Waals surface area contributed by atoms with Crippen molar-refractivity contribution in [2.24, 2.45) is 5.92 Å². The summed E-state index contributed by atoms with van der Waals surface area (Å²) < 4.78 is 26.7. The fourth-order valence-electron chi connectivity index (χ4n) is 2.66. The number of nitrogens with zero attached hydrogens (tertiary/aromatic N) is 1. The van der Waals surface area contributed by atoms with Crippen LogP contribution in [-0.2, 0) is 14.8 Å². The lowest BCUT2D eigenvalue weighted by Gasteiger charge is -2.29. The van der Waals surface area contributed by atoms with Crippen molar-refractivity contribution in [1.29, 1.82) is 0 Å². The normalized spacial score (nSPS) is 21.9. The number of hydrogen-bond acceptors (Lipinski definition) is 3. The largest absolute Gasteiger partial charge is 0.303 e. The topological polar surface area (TPSA) is 54.5 Å². The number of carbonyl (C=O) groups is 1. The van der Waals surface area contributed by atoms with Gasteiger partial charge in [0, 0.05) is 19.0 Å². The molecule has 2 rings (SSSR count). The van der Waals surface area contributed by atoms with E-state index in [4.69, 9.17) is 0 Å². The fraction of sp³-hybridized carbons (Fsp3) is 0.562. The Morgan fingerprint density at radius 3 is 2.57 bits per heavy atom. The van der Waals surface area contributed by atoms with E-state index in [1.165, 1.54) is 4.31 Å². The second-order valence-corrected chi connectivity index (χ2v) is 7.72. The molecule has 1 aromatic rings. The van der Waals surface area contributed by atoms with Crippen LogP contribution in [0.4, 0.5) is 0 Å². The van der Waals surface area contributed by atoms with Crippen LogP contribution >= 0.6 is 0 Å². The molecule has 1 fully saturated rings. The van der Waals surface area contributed by atoms with Crippen LogP contribution in [0, 0.1) is 5.92 Å². The average Bonchev–Trinajstić information content (AvgIpc) is 2.54. The van der Waals surface area contributed by atoms with Crippen LogP contribution in [0.15, 0.2) is 29.2 Å². The second-order valence-electron chi connectivity index (χ2n) is 5.78. The molecular weight excluding hydrogens is 286 g/mol. The van der Waals surface area contributed by atoms with Gasteiger partial charge in [-0.05, 0) is 42.9 Å². The van der Waals surface area contributed by atoms with E-state index in [2.05, 4.69) is 13.8 Å². The van der Waals surface area contributed by atoms with Crippen LogP contribution in [0.2, 0.25) is 0 Å². The molecule has 0 N–H and O–H groups in total. The smallest absolute Gasteiger partial charge is 0.243 e. The van der Waals surface area contributed by atoms with Crippen LogP contribution in [0.25, 0.3) is 0 Å². The molecule has 4 nitrogen and oxygen atoms in total. The second kappa shape index (κ2) is 6.71. The molecule has 2 atom stereocenters. The van der Waals surface area contributed by atoms with Gasteiger partial charge in [0.25, 0.3) is 0 Å². The van der Waals surface area contributed by atoms with Gasteiger partial charge >= 0.3 is 0 Å². The highest BCUT2D eigenvalue weighted by atomic mass is 32.2. The lowest BCUT2D eigenvalue weighted by Crippen LogP contribution is -2.40. The fourth-order valence-corrected chi connectivity index (χ4v) is 4.19. The molecule has 0 bridgehead atoms. The summed E-state index contributed by atoms with van der Waals surface area (Å²) in [6.07, 6.45) is 3.42. The quantitative estimate of drug-likeness (QED) is 0.786. The van der Waals surface area contributed by atoms with Gasteiger partial charge in [-0.2, -0.15) is 4.31 Å². The van der Waals surface area contributed by atoms with Gasteiger partial charge in [-0.15, -0.1) is 0 Å². The molecule has 0 aliphatic carbocycles. The average molecular weight is 309 g/mol. The molecule has 0 amide bonds. The Morgan fingerprint density at radius 2 is 2.00 bits per heavy atom. The molecule has 1 aliphatic rings. The third kappa shape index (κ3) is 3.52. The minimum absolute atomic E-state index is 0.173. The third-order valence-electron chi connectivity index (χ3n) is 4.31. The lowest BCUT2D eigenvalue weighted by atomic mass is 9.99. The monoisotopic (exact) mass is 309 g/mol. The van der Waals surface area contributed by atoms with Crippen LogP contribution in [0.5, 0.6) is 0 Å². The summed E-state index contributed by atoms with van der Waals surface area (Å²) in [5.41, 5.74) is 1.15. The van der Waals surface area contributed by atoms with Gasteiger partial charge in [0.1, 0.15) is 6.29 Å². The Kier molecular flexibility index (Phi) is 5.17. The zero-order valence-corrected chi connectivity index (χ0v) is 13.5. The number of piperidine rings is 1. The molecule has 116 valence electrons. The van der Waals surface area contributed by atoms with Crippen molar-refractivity contribution in [3.8, 4) is 0 Å². The molecule has 5 heteroatoms. The zero-order chi connectivity index (χ0) is 15.5. The molecule has 1 aliphatic heterocycles. The summed E-state index contributed by atoms with van der Waals surface area (Å²) in [4.78, 5) is 11.2. The molecule has 0 aromatic heterocycles. The van der Waals surface area contributed by atoms with Gasteiger partial charge in [0.15, 0.2) is 0 Å². The highest BCUT2D eigenvalue weighted by Crippen LogP contribution is 2.25. The number of sulfonamides is 1. The van der Waals surface area contributed by atoms with E-state index in [-0.39, 0.29) is 5.92 Å². The SMILES string of the molecule is CCC(C)c1ccc(S(=O)(=O)N2CCCC(C=O)C2)cc1. The van der Waals surface area contributed by atoms with Crippen LogP contribution < -0.4 is 0 Å². The first-order chi connectivity index (χ1) is 9.98. The summed E-state index contributed by atoms with van der Waals surface area (Å²) in [5.74, 6) is 0.254. The van der Waals surface area contributed by atoms with Crippen molar-refractivity contribution in [3.63, 3.8) is 0 Å². The Morgan fingerprint density at radius 1 is 1.33 bits per heavy atom.